The zero-order valence-corrected chi connectivity index (χ0v) is 17.9. The first kappa shape index (κ1) is 21.3. The predicted molar refractivity (Wildman–Crippen MR) is 122 cm³/mol. The number of barbiturate groups is 1. The number of carbonyl (C=O) groups is 3. The van der Waals surface area contributed by atoms with Crippen LogP contribution in [0.15, 0.2) is 78.4 Å². The number of hydrogen-bond donors (Lipinski definition) is 1. The first-order chi connectivity index (χ1) is 15.4. The summed E-state index contributed by atoms with van der Waals surface area (Å²) in [7, 11) is 0. The van der Waals surface area contributed by atoms with Crippen molar-refractivity contribution < 1.29 is 19.1 Å². The van der Waals surface area contributed by atoms with E-state index in [0.717, 1.165) is 10.5 Å². The molecule has 7 heteroatoms. The van der Waals surface area contributed by atoms with E-state index in [1.54, 1.807) is 36.4 Å². The summed E-state index contributed by atoms with van der Waals surface area (Å²) in [6, 6.07) is 20.4. The van der Waals surface area contributed by atoms with Crippen LogP contribution in [0.3, 0.4) is 0 Å². The summed E-state index contributed by atoms with van der Waals surface area (Å²) in [5.41, 5.74) is 2.94. The van der Waals surface area contributed by atoms with Gasteiger partial charge in [-0.2, -0.15) is 0 Å². The highest BCUT2D eigenvalue weighted by atomic mass is 35.5. The molecule has 1 heterocycles. The number of carbonyl (C=O) groups excluding carboxylic acids is 3. The third kappa shape index (κ3) is 4.71. The Morgan fingerprint density at radius 3 is 2.41 bits per heavy atom. The van der Waals surface area contributed by atoms with Gasteiger partial charge in [0, 0.05) is 5.02 Å². The third-order valence-corrected chi connectivity index (χ3v) is 5.13. The van der Waals surface area contributed by atoms with Gasteiger partial charge in [0.15, 0.2) is 0 Å². The minimum Gasteiger partial charge on any atom is -0.489 e. The molecule has 0 bridgehead atoms. The lowest BCUT2D eigenvalue weighted by Crippen LogP contribution is -2.54. The number of ether oxygens (including phenoxy) is 1. The van der Waals surface area contributed by atoms with E-state index >= 15 is 0 Å². The number of rotatable bonds is 5. The van der Waals surface area contributed by atoms with Gasteiger partial charge in [-0.15, -0.1) is 0 Å². The van der Waals surface area contributed by atoms with Crippen LogP contribution in [0.2, 0.25) is 5.02 Å². The Bertz CT molecular complexity index is 1220. The average molecular weight is 447 g/mol. The Hall–Kier alpha value is -3.90. The van der Waals surface area contributed by atoms with Gasteiger partial charge in [-0.3, -0.25) is 14.9 Å². The highest BCUT2D eigenvalue weighted by Gasteiger charge is 2.36. The number of urea groups is 1. The molecular formula is C25H19ClN2O4. The summed E-state index contributed by atoms with van der Waals surface area (Å²) in [5.74, 6) is -0.877. The number of imide groups is 2. The molecule has 6 nitrogen and oxygen atoms in total. The number of benzene rings is 3. The number of aryl methyl sites for hydroxylation is 1. The largest absolute Gasteiger partial charge is 0.489 e. The highest BCUT2D eigenvalue weighted by Crippen LogP contribution is 2.24. The Balaban J connectivity index is 1.56. The van der Waals surface area contributed by atoms with Crippen molar-refractivity contribution in [3.63, 3.8) is 0 Å². The molecule has 1 aliphatic heterocycles. The highest BCUT2D eigenvalue weighted by molar-refractivity contribution is 6.39. The summed E-state index contributed by atoms with van der Waals surface area (Å²) in [6.07, 6.45) is 1.44. The normalized spacial score (nSPS) is 15.1. The Morgan fingerprint density at radius 1 is 0.969 bits per heavy atom. The molecule has 1 fully saturated rings. The maximum Gasteiger partial charge on any atom is 0.335 e. The van der Waals surface area contributed by atoms with E-state index in [1.807, 2.05) is 31.2 Å². The molecule has 3 aromatic rings. The molecular weight excluding hydrogens is 428 g/mol. The van der Waals surface area contributed by atoms with Gasteiger partial charge in [0.25, 0.3) is 11.8 Å². The van der Waals surface area contributed by atoms with Gasteiger partial charge in [-0.05, 0) is 60.5 Å². The van der Waals surface area contributed by atoms with Crippen LogP contribution in [-0.2, 0) is 16.2 Å². The van der Waals surface area contributed by atoms with E-state index in [9.17, 15) is 14.4 Å². The molecule has 1 N–H and O–H groups in total. The zero-order chi connectivity index (χ0) is 22.7. The first-order valence-electron chi connectivity index (χ1n) is 9.86. The fourth-order valence-electron chi connectivity index (χ4n) is 3.19. The second kappa shape index (κ2) is 9.08. The molecule has 0 atom stereocenters. The maximum absolute atomic E-state index is 13.0. The Kier molecular flexibility index (Phi) is 6.05. The van der Waals surface area contributed by atoms with Crippen molar-refractivity contribution in [2.75, 3.05) is 4.90 Å². The van der Waals surface area contributed by atoms with Crippen LogP contribution in [0.5, 0.6) is 5.75 Å². The number of amides is 4. The van der Waals surface area contributed by atoms with Crippen molar-refractivity contribution in [3.05, 3.63) is 100 Å². The van der Waals surface area contributed by atoms with Gasteiger partial charge in [-0.1, -0.05) is 53.6 Å². The molecule has 0 radical (unpaired) electrons. The number of nitrogens with one attached hydrogen (secondary N) is 1. The van der Waals surface area contributed by atoms with Gasteiger partial charge in [-0.25, -0.2) is 9.69 Å². The van der Waals surface area contributed by atoms with E-state index in [1.165, 1.54) is 23.8 Å². The van der Waals surface area contributed by atoms with Crippen LogP contribution >= 0.6 is 11.6 Å². The van der Waals surface area contributed by atoms with Crippen molar-refractivity contribution in [1.82, 2.24) is 5.32 Å². The summed E-state index contributed by atoms with van der Waals surface area (Å²) in [5, 5.41) is 2.67. The molecule has 1 aliphatic rings. The Labute approximate surface area is 190 Å². The standard InChI is InChI=1S/C25H19ClN2O4/c1-16-5-7-17(8-6-16)15-32-21-4-2-3-18(13-21)14-22-23(29)27-25(31)28(24(22)30)20-11-9-19(26)10-12-20/h2-14H,15H2,1H3,(H,27,29,31)/b22-14-. The molecule has 0 aliphatic carbocycles. The van der Waals surface area contributed by atoms with Crippen LogP contribution in [-0.4, -0.2) is 17.8 Å². The van der Waals surface area contributed by atoms with Gasteiger partial charge in [0.2, 0.25) is 0 Å². The molecule has 4 rings (SSSR count). The monoisotopic (exact) mass is 446 g/mol. The molecule has 160 valence electrons. The minimum absolute atomic E-state index is 0.157. The van der Waals surface area contributed by atoms with Crippen molar-refractivity contribution >= 4 is 41.2 Å². The van der Waals surface area contributed by atoms with Gasteiger partial charge < -0.3 is 4.74 Å². The number of halogens is 1. The number of nitrogens with zero attached hydrogens (tertiary/aromatic N) is 1. The Morgan fingerprint density at radius 2 is 1.69 bits per heavy atom. The predicted octanol–water partition coefficient (Wildman–Crippen LogP) is 4.89. The summed E-state index contributed by atoms with van der Waals surface area (Å²) >= 11 is 5.89. The first-order valence-corrected chi connectivity index (χ1v) is 10.2. The fourth-order valence-corrected chi connectivity index (χ4v) is 3.32. The lowest BCUT2D eigenvalue weighted by molar-refractivity contribution is -0.122. The van der Waals surface area contributed by atoms with Crippen molar-refractivity contribution in [3.8, 4) is 5.75 Å². The summed E-state index contributed by atoms with van der Waals surface area (Å²) in [6.45, 7) is 2.41. The van der Waals surface area contributed by atoms with E-state index in [-0.39, 0.29) is 5.57 Å². The minimum atomic E-state index is -0.811. The molecule has 0 unspecified atom stereocenters. The smallest absolute Gasteiger partial charge is 0.335 e. The topological polar surface area (TPSA) is 75.7 Å². The van der Waals surface area contributed by atoms with Crippen LogP contribution in [0.4, 0.5) is 10.5 Å². The summed E-state index contributed by atoms with van der Waals surface area (Å²) < 4.78 is 5.84. The number of hydrogen-bond acceptors (Lipinski definition) is 4. The van der Waals surface area contributed by atoms with Crippen molar-refractivity contribution in [2.24, 2.45) is 0 Å². The van der Waals surface area contributed by atoms with E-state index in [4.69, 9.17) is 16.3 Å². The molecule has 4 amide bonds. The van der Waals surface area contributed by atoms with E-state index in [0.29, 0.717) is 28.6 Å². The molecule has 0 saturated carbocycles. The second-order valence-corrected chi connectivity index (χ2v) is 7.72. The van der Waals surface area contributed by atoms with Crippen LogP contribution < -0.4 is 15.0 Å². The lowest BCUT2D eigenvalue weighted by atomic mass is 10.1. The van der Waals surface area contributed by atoms with Gasteiger partial charge in [0.1, 0.15) is 17.9 Å². The molecule has 0 spiro atoms. The fraction of sp³-hybridized carbons (Fsp3) is 0.0800. The molecule has 1 saturated heterocycles. The summed E-state index contributed by atoms with van der Waals surface area (Å²) in [4.78, 5) is 38.5. The lowest BCUT2D eigenvalue weighted by Gasteiger charge is -2.26. The van der Waals surface area contributed by atoms with Crippen LogP contribution in [0, 0.1) is 6.92 Å². The van der Waals surface area contributed by atoms with E-state index in [2.05, 4.69) is 5.32 Å². The molecule has 3 aromatic carbocycles. The zero-order valence-electron chi connectivity index (χ0n) is 17.2. The van der Waals surface area contributed by atoms with E-state index < -0.39 is 17.8 Å². The molecule has 32 heavy (non-hydrogen) atoms. The van der Waals surface area contributed by atoms with Gasteiger partial charge >= 0.3 is 6.03 Å². The third-order valence-electron chi connectivity index (χ3n) is 4.88. The quantitative estimate of drug-likeness (QED) is 0.447. The average Bonchev–Trinajstić information content (AvgIpc) is 2.78. The van der Waals surface area contributed by atoms with Gasteiger partial charge in [0.05, 0.1) is 5.69 Å². The van der Waals surface area contributed by atoms with Crippen molar-refractivity contribution in [2.45, 2.75) is 13.5 Å². The van der Waals surface area contributed by atoms with Crippen molar-refractivity contribution in [1.29, 1.82) is 0 Å². The second-order valence-electron chi connectivity index (χ2n) is 7.28. The SMILES string of the molecule is Cc1ccc(COc2cccc(/C=C3/C(=O)NC(=O)N(c4ccc(Cl)cc4)C3=O)c2)cc1. The maximum atomic E-state index is 13.0. The van der Waals surface area contributed by atoms with Crippen LogP contribution in [0.25, 0.3) is 6.08 Å². The molecule has 0 aromatic heterocycles. The van der Waals surface area contributed by atoms with Crippen LogP contribution in [0.1, 0.15) is 16.7 Å². The number of anilines is 1.